The van der Waals surface area contributed by atoms with Crippen molar-refractivity contribution in [3.8, 4) is 0 Å². The van der Waals surface area contributed by atoms with Crippen LogP contribution in [0.5, 0.6) is 0 Å². The topological polar surface area (TPSA) is 58.2 Å². The number of halogens is 3. The summed E-state index contributed by atoms with van der Waals surface area (Å²) in [6.45, 7) is 0.304. The van der Waals surface area contributed by atoms with Gasteiger partial charge in [-0.05, 0) is 12.1 Å². The molecule has 4 nitrogen and oxygen atoms in total. The van der Waals surface area contributed by atoms with Gasteiger partial charge in [0.05, 0.1) is 5.56 Å². The molecule has 0 spiro atoms. The summed E-state index contributed by atoms with van der Waals surface area (Å²) in [5, 5.41) is 4.80. The largest absolute Gasteiger partial charge is 0.353 e. The van der Waals surface area contributed by atoms with Crippen LogP contribution in [0.3, 0.4) is 0 Å². The van der Waals surface area contributed by atoms with Crippen molar-refractivity contribution in [2.45, 2.75) is 0 Å². The highest BCUT2D eigenvalue weighted by molar-refractivity contribution is 6.27. The first-order chi connectivity index (χ1) is 8.54. The van der Waals surface area contributed by atoms with Crippen molar-refractivity contribution in [2.75, 3.05) is 19.0 Å². The van der Waals surface area contributed by atoms with Gasteiger partial charge in [0.2, 0.25) is 5.91 Å². The third-order valence-corrected chi connectivity index (χ3v) is 2.27. The summed E-state index contributed by atoms with van der Waals surface area (Å²) in [5.41, 5.74) is -0.250. The smallest absolute Gasteiger partial charge is 0.254 e. The summed E-state index contributed by atoms with van der Waals surface area (Å²) in [6, 6.07) is 2.68. The van der Waals surface area contributed by atoms with Gasteiger partial charge in [0.25, 0.3) is 5.91 Å². The number of rotatable bonds is 5. The first-order valence-corrected chi connectivity index (χ1v) is 5.64. The highest BCUT2D eigenvalue weighted by Gasteiger charge is 2.11. The molecule has 18 heavy (non-hydrogen) atoms. The average molecular weight is 277 g/mol. The van der Waals surface area contributed by atoms with E-state index in [4.69, 9.17) is 11.6 Å². The Kier molecular flexibility index (Phi) is 5.51. The van der Waals surface area contributed by atoms with Crippen LogP contribution in [0.4, 0.5) is 8.78 Å². The minimum absolute atomic E-state index is 0.123. The van der Waals surface area contributed by atoms with E-state index in [-0.39, 0.29) is 30.4 Å². The van der Waals surface area contributed by atoms with E-state index < -0.39 is 17.5 Å². The van der Waals surface area contributed by atoms with Gasteiger partial charge in [0.1, 0.15) is 17.5 Å². The maximum absolute atomic E-state index is 13.2. The number of hydrogen-bond acceptors (Lipinski definition) is 2. The molecule has 0 saturated heterocycles. The Morgan fingerprint density at radius 1 is 1.17 bits per heavy atom. The van der Waals surface area contributed by atoms with E-state index in [1.54, 1.807) is 0 Å². The minimum Gasteiger partial charge on any atom is -0.353 e. The fourth-order valence-electron chi connectivity index (χ4n) is 1.19. The summed E-state index contributed by atoms with van der Waals surface area (Å²) in [5.74, 6) is -2.89. The third kappa shape index (κ3) is 4.29. The number of amides is 2. The van der Waals surface area contributed by atoms with E-state index >= 15 is 0 Å². The predicted molar refractivity (Wildman–Crippen MR) is 62.4 cm³/mol. The Balaban J connectivity index is 2.43. The van der Waals surface area contributed by atoms with E-state index in [2.05, 4.69) is 10.6 Å². The number of carbonyl (C=O) groups excluding carboxylic acids is 2. The molecule has 1 aromatic carbocycles. The monoisotopic (exact) mass is 276 g/mol. The van der Waals surface area contributed by atoms with Crippen LogP contribution in [-0.2, 0) is 4.79 Å². The molecule has 7 heteroatoms. The summed E-state index contributed by atoms with van der Waals surface area (Å²) in [6.07, 6.45) is 0. The van der Waals surface area contributed by atoms with E-state index in [0.29, 0.717) is 6.07 Å². The van der Waals surface area contributed by atoms with Crippen LogP contribution in [0.1, 0.15) is 10.4 Å². The summed E-state index contributed by atoms with van der Waals surface area (Å²) >= 11 is 5.24. The number of alkyl halides is 1. The van der Waals surface area contributed by atoms with Crippen LogP contribution in [0.15, 0.2) is 18.2 Å². The SMILES string of the molecule is O=C(CCl)NCCNC(=O)c1ccc(F)cc1F. The first-order valence-electron chi connectivity index (χ1n) is 5.10. The molecule has 2 amide bonds. The fraction of sp³-hybridized carbons (Fsp3) is 0.273. The molecule has 0 heterocycles. The minimum atomic E-state index is -0.933. The molecule has 0 fully saturated rings. The first kappa shape index (κ1) is 14.4. The second-order valence-corrected chi connectivity index (χ2v) is 3.63. The molecule has 0 bridgehead atoms. The zero-order valence-corrected chi connectivity index (χ0v) is 10.1. The quantitative estimate of drug-likeness (QED) is 0.624. The van der Waals surface area contributed by atoms with Gasteiger partial charge in [-0.2, -0.15) is 0 Å². The zero-order valence-electron chi connectivity index (χ0n) is 9.30. The number of carbonyl (C=O) groups is 2. The Morgan fingerprint density at radius 3 is 2.44 bits per heavy atom. The molecule has 2 N–H and O–H groups in total. The molecule has 98 valence electrons. The second kappa shape index (κ2) is 6.90. The molecule has 0 aliphatic heterocycles. The Hall–Kier alpha value is -1.69. The molecule has 1 rings (SSSR count). The van der Waals surface area contributed by atoms with Gasteiger partial charge in [0, 0.05) is 19.2 Å². The normalized spacial score (nSPS) is 9.94. The second-order valence-electron chi connectivity index (χ2n) is 3.36. The maximum atomic E-state index is 13.2. The van der Waals surface area contributed by atoms with Crippen LogP contribution in [0.25, 0.3) is 0 Å². The van der Waals surface area contributed by atoms with Gasteiger partial charge in [-0.3, -0.25) is 9.59 Å². The van der Waals surface area contributed by atoms with E-state index in [1.165, 1.54) is 0 Å². The molecule has 0 saturated carbocycles. The van der Waals surface area contributed by atoms with Gasteiger partial charge < -0.3 is 10.6 Å². The van der Waals surface area contributed by atoms with E-state index in [9.17, 15) is 18.4 Å². The van der Waals surface area contributed by atoms with Crippen molar-refractivity contribution >= 4 is 23.4 Å². The van der Waals surface area contributed by atoms with Gasteiger partial charge in [-0.1, -0.05) is 0 Å². The average Bonchev–Trinajstić information content (AvgIpc) is 2.34. The lowest BCUT2D eigenvalue weighted by Gasteiger charge is -2.06. The molecular weight excluding hydrogens is 266 g/mol. The molecular formula is C11H11ClF2N2O2. The number of hydrogen-bond donors (Lipinski definition) is 2. The van der Waals surface area contributed by atoms with Crippen molar-refractivity contribution in [3.63, 3.8) is 0 Å². The van der Waals surface area contributed by atoms with Crippen molar-refractivity contribution < 1.29 is 18.4 Å². The Morgan fingerprint density at radius 2 is 1.83 bits per heavy atom. The molecule has 0 atom stereocenters. The predicted octanol–water partition coefficient (Wildman–Crippen LogP) is 1.05. The van der Waals surface area contributed by atoms with Crippen LogP contribution in [-0.4, -0.2) is 30.8 Å². The molecule has 0 radical (unpaired) electrons. The molecule has 0 aliphatic carbocycles. The molecule has 0 aromatic heterocycles. The van der Waals surface area contributed by atoms with Crippen LogP contribution < -0.4 is 10.6 Å². The standard InChI is InChI=1S/C11H11ClF2N2O2/c12-6-10(17)15-3-4-16-11(18)8-2-1-7(13)5-9(8)14/h1-2,5H,3-4,6H2,(H,15,17)(H,16,18). The van der Waals surface area contributed by atoms with Crippen LogP contribution >= 0.6 is 11.6 Å². The van der Waals surface area contributed by atoms with Crippen LogP contribution in [0, 0.1) is 11.6 Å². The lowest BCUT2D eigenvalue weighted by Crippen LogP contribution is -2.35. The van der Waals surface area contributed by atoms with Crippen molar-refractivity contribution in [3.05, 3.63) is 35.4 Å². The summed E-state index contributed by atoms with van der Waals surface area (Å²) < 4.78 is 25.8. The Bertz CT molecular complexity index is 455. The Labute approximate surface area is 107 Å². The fourth-order valence-corrected chi connectivity index (χ4v) is 1.29. The zero-order chi connectivity index (χ0) is 13.5. The lowest BCUT2D eigenvalue weighted by atomic mass is 10.2. The maximum Gasteiger partial charge on any atom is 0.254 e. The highest BCUT2D eigenvalue weighted by atomic mass is 35.5. The third-order valence-electron chi connectivity index (χ3n) is 2.03. The summed E-state index contributed by atoms with van der Waals surface area (Å²) in [7, 11) is 0. The molecule has 0 aliphatic rings. The van der Waals surface area contributed by atoms with Gasteiger partial charge in [-0.25, -0.2) is 8.78 Å². The molecule has 0 unspecified atom stereocenters. The van der Waals surface area contributed by atoms with Crippen molar-refractivity contribution in [1.82, 2.24) is 10.6 Å². The number of benzene rings is 1. The lowest BCUT2D eigenvalue weighted by molar-refractivity contribution is -0.118. The van der Waals surface area contributed by atoms with E-state index in [0.717, 1.165) is 12.1 Å². The highest BCUT2D eigenvalue weighted by Crippen LogP contribution is 2.08. The summed E-state index contributed by atoms with van der Waals surface area (Å²) in [4.78, 5) is 22.2. The van der Waals surface area contributed by atoms with Gasteiger partial charge in [0.15, 0.2) is 0 Å². The van der Waals surface area contributed by atoms with Crippen molar-refractivity contribution in [2.24, 2.45) is 0 Å². The van der Waals surface area contributed by atoms with Crippen molar-refractivity contribution in [1.29, 1.82) is 0 Å². The van der Waals surface area contributed by atoms with Gasteiger partial charge in [-0.15, -0.1) is 11.6 Å². The van der Waals surface area contributed by atoms with Crippen LogP contribution in [0.2, 0.25) is 0 Å². The van der Waals surface area contributed by atoms with E-state index in [1.807, 2.05) is 0 Å². The molecule has 1 aromatic rings. The van der Waals surface area contributed by atoms with Gasteiger partial charge >= 0.3 is 0 Å². The number of nitrogens with one attached hydrogen (secondary N) is 2.